The molecule has 0 aliphatic heterocycles. The van der Waals surface area contributed by atoms with Crippen LogP contribution in [0, 0.1) is 18.2 Å². The predicted octanol–water partition coefficient (Wildman–Crippen LogP) is 1.45. The Balaban J connectivity index is 2.77. The van der Waals surface area contributed by atoms with Crippen molar-refractivity contribution in [1.29, 1.82) is 0 Å². The molecule has 2 N–H and O–H groups in total. The molecular weight excluding hydrogens is 251 g/mol. The van der Waals surface area contributed by atoms with E-state index in [2.05, 4.69) is 11.2 Å². The van der Waals surface area contributed by atoms with Gasteiger partial charge in [0, 0.05) is 19.2 Å². The third-order valence-corrected chi connectivity index (χ3v) is 2.42. The van der Waals surface area contributed by atoms with Gasteiger partial charge < -0.3 is 10.4 Å². The van der Waals surface area contributed by atoms with Gasteiger partial charge in [0.15, 0.2) is 0 Å². The molecule has 2 amide bonds. The minimum atomic E-state index is -1.22. The van der Waals surface area contributed by atoms with E-state index in [-0.39, 0.29) is 6.42 Å². The fourth-order valence-electron chi connectivity index (χ4n) is 1.37. The molecule has 0 saturated carbocycles. The van der Waals surface area contributed by atoms with E-state index in [9.17, 15) is 14.0 Å². The number of aliphatic carboxylic acids is 1. The first kappa shape index (κ1) is 14.5. The van der Waals surface area contributed by atoms with E-state index >= 15 is 0 Å². The smallest absolute Gasteiger partial charge is 0.327 e. The van der Waals surface area contributed by atoms with Crippen LogP contribution in [0.25, 0.3) is 0 Å². The molecule has 0 saturated heterocycles. The van der Waals surface area contributed by atoms with Crippen molar-refractivity contribution >= 4 is 17.7 Å². The molecule has 5 nitrogen and oxygen atoms in total. The first-order valence-corrected chi connectivity index (χ1v) is 5.41. The Bertz CT molecular complexity index is 525. The number of carboxylic acids is 1. The number of terminal acetylenes is 1. The summed E-state index contributed by atoms with van der Waals surface area (Å²) in [6, 6.07) is 3.54. The number of anilines is 1. The van der Waals surface area contributed by atoms with Crippen LogP contribution in [0.4, 0.5) is 14.9 Å². The minimum Gasteiger partial charge on any atom is -0.480 e. The number of hydrogen-bond acceptors (Lipinski definition) is 2. The molecule has 0 aliphatic carbocycles. The summed E-state index contributed by atoms with van der Waals surface area (Å²) in [6.07, 6.45) is 4.90. The summed E-state index contributed by atoms with van der Waals surface area (Å²) in [4.78, 5) is 23.8. The number of amides is 2. The number of hydrogen-bond donors (Lipinski definition) is 2. The van der Waals surface area contributed by atoms with Crippen molar-refractivity contribution in [1.82, 2.24) is 5.32 Å². The first-order valence-electron chi connectivity index (χ1n) is 5.41. The Hall–Kier alpha value is -2.55. The van der Waals surface area contributed by atoms with Crippen LogP contribution in [0.1, 0.15) is 6.42 Å². The monoisotopic (exact) mass is 264 g/mol. The van der Waals surface area contributed by atoms with E-state index in [0.717, 1.165) is 11.0 Å². The molecule has 1 aromatic carbocycles. The lowest BCUT2D eigenvalue weighted by molar-refractivity contribution is -0.139. The summed E-state index contributed by atoms with van der Waals surface area (Å²) in [5.41, 5.74) is 0.308. The van der Waals surface area contributed by atoms with Crippen LogP contribution in [0.15, 0.2) is 24.3 Å². The zero-order valence-electron chi connectivity index (χ0n) is 10.3. The third kappa shape index (κ3) is 4.00. The van der Waals surface area contributed by atoms with Crippen molar-refractivity contribution in [2.24, 2.45) is 0 Å². The number of nitrogens with zero attached hydrogens (tertiary/aromatic N) is 1. The van der Waals surface area contributed by atoms with Crippen molar-refractivity contribution in [2.45, 2.75) is 12.5 Å². The summed E-state index contributed by atoms with van der Waals surface area (Å²) >= 11 is 0. The van der Waals surface area contributed by atoms with Gasteiger partial charge in [-0.25, -0.2) is 14.0 Å². The maximum atomic E-state index is 13.0. The van der Waals surface area contributed by atoms with Crippen LogP contribution < -0.4 is 10.2 Å². The largest absolute Gasteiger partial charge is 0.480 e. The fraction of sp³-hybridized carbons (Fsp3) is 0.231. The Morgan fingerprint density at radius 1 is 1.58 bits per heavy atom. The predicted molar refractivity (Wildman–Crippen MR) is 68.2 cm³/mol. The van der Waals surface area contributed by atoms with Crippen LogP contribution in [-0.2, 0) is 4.79 Å². The molecule has 0 aromatic heterocycles. The van der Waals surface area contributed by atoms with E-state index in [1.807, 2.05) is 0 Å². The molecule has 0 heterocycles. The first-order chi connectivity index (χ1) is 8.95. The van der Waals surface area contributed by atoms with Gasteiger partial charge in [0.25, 0.3) is 0 Å². The molecule has 0 spiro atoms. The van der Waals surface area contributed by atoms with Gasteiger partial charge in [-0.1, -0.05) is 6.07 Å². The van der Waals surface area contributed by atoms with E-state index < -0.39 is 23.9 Å². The van der Waals surface area contributed by atoms with Gasteiger partial charge in [0.2, 0.25) is 0 Å². The van der Waals surface area contributed by atoms with Gasteiger partial charge in [-0.2, -0.15) is 0 Å². The Labute approximate surface area is 110 Å². The number of carbonyl (C=O) groups excluding carboxylic acids is 1. The highest BCUT2D eigenvalue weighted by Crippen LogP contribution is 2.14. The normalized spacial score (nSPS) is 11.2. The van der Waals surface area contributed by atoms with Gasteiger partial charge in [-0.15, -0.1) is 12.3 Å². The number of halogens is 1. The molecule has 1 rings (SSSR count). The number of rotatable bonds is 4. The van der Waals surface area contributed by atoms with Crippen molar-refractivity contribution in [3.8, 4) is 12.3 Å². The number of benzene rings is 1. The number of carboxylic acid groups (broad SMARTS) is 1. The molecule has 19 heavy (non-hydrogen) atoms. The second-order valence-corrected chi connectivity index (χ2v) is 3.79. The molecule has 1 aromatic rings. The van der Waals surface area contributed by atoms with Crippen LogP contribution in [0.5, 0.6) is 0 Å². The zero-order chi connectivity index (χ0) is 14.4. The summed E-state index contributed by atoms with van der Waals surface area (Å²) in [7, 11) is 1.40. The van der Waals surface area contributed by atoms with Crippen LogP contribution in [0.3, 0.4) is 0 Å². The van der Waals surface area contributed by atoms with Crippen molar-refractivity contribution in [3.63, 3.8) is 0 Å². The average Bonchev–Trinajstić information content (AvgIpc) is 2.37. The molecule has 0 aliphatic rings. The second-order valence-electron chi connectivity index (χ2n) is 3.79. The molecule has 6 heteroatoms. The molecule has 0 fully saturated rings. The highest BCUT2D eigenvalue weighted by Gasteiger charge is 2.21. The quantitative estimate of drug-likeness (QED) is 0.809. The zero-order valence-corrected chi connectivity index (χ0v) is 10.3. The lowest BCUT2D eigenvalue weighted by Gasteiger charge is -2.20. The van der Waals surface area contributed by atoms with Crippen LogP contribution in [0.2, 0.25) is 0 Å². The molecular formula is C13H13FN2O3. The van der Waals surface area contributed by atoms with E-state index in [1.165, 1.54) is 25.2 Å². The molecule has 100 valence electrons. The van der Waals surface area contributed by atoms with Gasteiger partial charge >= 0.3 is 12.0 Å². The lowest BCUT2D eigenvalue weighted by atomic mass is 10.2. The Kier molecular flexibility index (Phi) is 4.89. The Morgan fingerprint density at radius 3 is 2.79 bits per heavy atom. The highest BCUT2D eigenvalue weighted by atomic mass is 19.1. The average molecular weight is 264 g/mol. The Morgan fingerprint density at radius 2 is 2.26 bits per heavy atom. The standard InChI is InChI=1S/C13H13FN2O3/c1-3-5-11(12(17)18)15-13(19)16(2)10-7-4-6-9(14)8-10/h1,4,6-8,11H,5H2,2H3,(H,15,19)(H,17,18). The van der Waals surface area contributed by atoms with Crippen molar-refractivity contribution < 1.29 is 19.1 Å². The third-order valence-electron chi connectivity index (χ3n) is 2.42. The van der Waals surface area contributed by atoms with E-state index in [0.29, 0.717) is 5.69 Å². The number of carbonyl (C=O) groups is 2. The summed E-state index contributed by atoms with van der Waals surface area (Å²) < 4.78 is 13.0. The van der Waals surface area contributed by atoms with Crippen molar-refractivity contribution in [2.75, 3.05) is 11.9 Å². The van der Waals surface area contributed by atoms with Gasteiger partial charge in [-0.3, -0.25) is 4.90 Å². The maximum Gasteiger partial charge on any atom is 0.327 e. The topological polar surface area (TPSA) is 69.6 Å². The summed E-state index contributed by atoms with van der Waals surface area (Å²) in [5, 5.41) is 11.1. The summed E-state index contributed by atoms with van der Waals surface area (Å²) in [6.45, 7) is 0. The molecule has 0 radical (unpaired) electrons. The summed E-state index contributed by atoms with van der Waals surface area (Å²) in [5.74, 6) is 0.455. The van der Waals surface area contributed by atoms with Gasteiger partial charge in [0.1, 0.15) is 11.9 Å². The van der Waals surface area contributed by atoms with Gasteiger partial charge in [-0.05, 0) is 18.2 Å². The molecule has 1 unspecified atom stereocenters. The molecule has 0 bridgehead atoms. The highest BCUT2D eigenvalue weighted by molar-refractivity contribution is 5.94. The number of urea groups is 1. The molecule has 1 atom stereocenters. The fourth-order valence-corrected chi connectivity index (χ4v) is 1.37. The minimum absolute atomic E-state index is 0.127. The van der Waals surface area contributed by atoms with E-state index in [4.69, 9.17) is 11.5 Å². The van der Waals surface area contributed by atoms with Crippen LogP contribution in [-0.4, -0.2) is 30.2 Å². The maximum absolute atomic E-state index is 13.0. The van der Waals surface area contributed by atoms with Crippen LogP contribution >= 0.6 is 0 Å². The van der Waals surface area contributed by atoms with Crippen molar-refractivity contribution in [3.05, 3.63) is 30.1 Å². The lowest BCUT2D eigenvalue weighted by Crippen LogP contribution is -2.46. The van der Waals surface area contributed by atoms with E-state index in [1.54, 1.807) is 0 Å². The SMILES string of the molecule is C#CCC(NC(=O)N(C)c1cccc(F)c1)C(=O)O. The van der Waals surface area contributed by atoms with Gasteiger partial charge in [0.05, 0.1) is 0 Å². The second kappa shape index (κ2) is 6.40. The number of nitrogens with one attached hydrogen (secondary N) is 1.